The maximum Gasteiger partial charge on any atom is 0.119 e. The van der Waals surface area contributed by atoms with Gasteiger partial charge in [-0.1, -0.05) is 20.8 Å². The first kappa shape index (κ1) is 16.8. The minimum absolute atomic E-state index is 0.127. The molecule has 0 fully saturated rings. The molecule has 1 N–H and O–H groups in total. The summed E-state index contributed by atoms with van der Waals surface area (Å²) in [5, 5.41) is 3.56. The topological polar surface area (TPSA) is 30.5 Å². The lowest BCUT2D eigenvalue weighted by Crippen LogP contribution is -2.44. The molecular formula is C17H29NO2. The second-order valence-electron chi connectivity index (χ2n) is 7.07. The molecule has 0 aliphatic carbocycles. The standard InChI is InChI=1S/C17H29NO2/c1-16(2,3)13-17(4,5)18-11-12-20-15-9-7-14(19-6)8-10-15/h7-10,18H,11-13H2,1-6H3. The van der Waals surface area contributed by atoms with Crippen LogP contribution in [0.5, 0.6) is 11.5 Å². The molecule has 0 aliphatic rings. The molecule has 0 unspecified atom stereocenters. The highest BCUT2D eigenvalue weighted by Gasteiger charge is 2.24. The zero-order valence-corrected chi connectivity index (χ0v) is 13.7. The fourth-order valence-corrected chi connectivity index (χ4v) is 2.62. The molecule has 0 atom stereocenters. The van der Waals surface area contributed by atoms with E-state index in [2.05, 4.69) is 39.9 Å². The van der Waals surface area contributed by atoms with E-state index in [9.17, 15) is 0 Å². The van der Waals surface area contributed by atoms with Gasteiger partial charge in [-0.25, -0.2) is 0 Å². The summed E-state index contributed by atoms with van der Waals surface area (Å²) >= 11 is 0. The molecule has 1 rings (SSSR count). The van der Waals surface area contributed by atoms with Crippen molar-refractivity contribution in [3.05, 3.63) is 24.3 Å². The second-order valence-corrected chi connectivity index (χ2v) is 7.07. The van der Waals surface area contributed by atoms with E-state index in [0.29, 0.717) is 12.0 Å². The number of rotatable bonds is 7. The van der Waals surface area contributed by atoms with Gasteiger partial charge < -0.3 is 14.8 Å². The van der Waals surface area contributed by atoms with Crippen molar-refractivity contribution in [1.29, 1.82) is 0 Å². The maximum atomic E-state index is 5.71. The van der Waals surface area contributed by atoms with Crippen molar-refractivity contribution < 1.29 is 9.47 Å². The number of hydrogen-bond donors (Lipinski definition) is 1. The number of hydrogen-bond acceptors (Lipinski definition) is 3. The average molecular weight is 279 g/mol. The summed E-state index contributed by atoms with van der Waals surface area (Å²) in [4.78, 5) is 0. The van der Waals surface area contributed by atoms with E-state index >= 15 is 0 Å². The third-order valence-corrected chi connectivity index (χ3v) is 3.01. The Labute approximate surface area is 123 Å². The zero-order valence-electron chi connectivity index (χ0n) is 13.7. The van der Waals surface area contributed by atoms with Crippen LogP contribution in [0.1, 0.15) is 41.0 Å². The van der Waals surface area contributed by atoms with Crippen molar-refractivity contribution in [1.82, 2.24) is 5.32 Å². The molecule has 0 aliphatic heterocycles. The molecule has 3 heteroatoms. The van der Waals surface area contributed by atoms with E-state index in [1.165, 1.54) is 0 Å². The van der Waals surface area contributed by atoms with E-state index in [1.807, 2.05) is 24.3 Å². The van der Waals surface area contributed by atoms with Crippen LogP contribution in [0.15, 0.2) is 24.3 Å². The van der Waals surface area contributed by atoms with Gasteiger partial charge in [-0.2, -0.15) is 0 Å². The van der Waals surface area contributed by atoms with Gasteiger partial charge in [0.1, 0.15) is 18.1 Å². The molecule has 0 heterocycles. The lowest BCUT2D eigenvalue weighted by Gasteiger charge is -2.33. The molecule has 20 heavy (non-hydrogen) atoms. The van der Waals surface area contributed by atoms with Gasteiger partial charge in [-0.3, -0.25) is 0 Å². The Kier molecular flexibility index (Phi) is 5.88. The normalized spacial score (nSPS) is 12.3. The number of ether oxygens (including phenoxy) is 2. The summed E-state index contributed by atoms with van der Waals surface area (Å²) in [5.41, 5.74) is 0.453. The van der Waals surface area contributed by atoms with E-state index < -0.39 is 0 Å². The molecule has 0 amide bonds. The van der Waals surface area contributed by atoms with Crippen molar-refractivity contribution in [2.45, 2.75) is 46.6 Å². The van der Waals surface area contributed by atoms with Gasteiger partial charge in [0.05, 0.1) is 7.11 Å². The van der Waals surface area contributed by atoms with Crippen LogP contribution < -0.4 is 14.8 Å². The molecule has 0 aromatic heterocycles. The van der Waals surface area contributed by atoms with Crippen molar-refractivity contribution in [3.63, 3.8) is 0 Å². The molecule has 3 nitrogen and oxygen atoms in total. The van der Waals surface area contributed by atoms with Crippen LogP contribution in [0.4, 0.5) is 0 Å². The lowest BCUT2D eigenvalue weighted by atomic mass is 9.82. The van der Waals surface area contributed by atoms with Crippen molar-refractivity contribution in [3.8, 4) is 11.5 Å². The summed E-state index contributed by atoms with van der Waals surface area (Å²) < 4.78 is 10.8. The predicted octanol–water partition coefficient (Wildman–Crippen LogP) is 3.88. The van der Waals surface area contributed by atoms with Gasteiger partial charge in [0.2, 0.25) is 0 Å². The van der Waals surface area contributed by atoms with Crippen LogP contribution in [0.3, 0.4) is 0 Å². The highest BCUT2D eigenvalue weighted by molar-refractivity contribution is 5.31. The Morgan fingerprint density at radius 1 is 0.950 bits per heavy atom. The monoisotopic (exact) mass is 279 g/mol. The molecule has 0 spiro atoms. The number of methoxy groups -OCH3 is 1. The minimum Gasteiger partial charge on any atom is -0.497 e. The highest BCUT2D eigenvalue weighted by atomic mass is 16.5. The Bertz CT molecular complexity index is 390. The van der Waals surface area contributed by atoms with Crippen molar-refractivity contribution in [2.75, 3.05) is 20.3 Å². The quantitative estimate of drug-likeness (QED) is 0.768. The maximum absolute atomic E-state index is 5.71. The molecule has 0 saturated carbocycles. The molecule has 114 valence electrons. The van der Waals surface area contributed by atoms with Gasteiger partial charge in [0, 0.05) is 12.1 Å². The van der Waals surface area contributed by atoms with Gasteiger partial charge in [-0.05, 0) is 49.9 Å². The van der Waals surface area contributed by atoms with Gasteiger partial charge in [0.25, 0.3) is 0 Å². The summed E-state index contributed by atoms with van der Waals surface area (Å²) in [6, 6.07) is 7.68. The van der Waals surface area contributed by atoms with E-state index in [1.54, 1.807) is 7.11 Å². The Morgan fingerprint density at radius 2 is 1.50 bits per heavy atom. The lowest BCUT2D eigenvalue weighted by molar-refractivity contribution is 0.223. The fourth-order valence-electron chi connectivity index (χ4n) is 2.62. The van der Waals surface area contributed by atoms with Crippen LogP contribution in [0.25, 0.3) is 0 Å². The Hall–Kier alpha value is -1.22. The first-order valence-electron chi connectivity index (χ1n) is 7.24. The summed E-state index contributed by atoms with van der Waals surface area (Å²) in [5.74, 6) is 1.73. The van der Waals surface area contributed by atoms with E-state index in [4.69, 9.17) is 9.47 Å². The van der Waals surface area contributed by atoms with Crippen LogP contribution in [0, 0.1) is 5.41 Å². The molecule has 0 radical (unpaired) electrons. The summed E-state index contributed by atoms with van der Waals surface area (Å²) in [6.07, 6.45) is 1.13. The molecule has 0 saturated heterocycles. The van der Waals surface area contributed by atoms with Crippen LogP contribution in [-0.2, 0) is 0 Å². The SMILES string of the molecule is COc1ccc(OCCNC(C)(C)CC(C)(C)C)cc1. The third-order valence-electron chi connectivity index (χ3n) is 3.01. The largest absolute Gasteiger partial charge is 0.497 e. The average Bonchev–Trinajstić information content (AvgIpc) is 2.32. The highest BCUT2D eigenvalue weighted by Crippen LogP contribution is 2.26. The van der Waals surface area contributed by atoms with Crippen LogP contribution in [-0.4, -0.2) is 25.8 Å². The predicted molar refractivity (Wildman–Crippen MR) is 84.6 cm³/mol. The van der Waals surface area contributed by atoms with Gasteiger partial charge in [-0.15, -0.1) is 0 Å². The van der Waals surface area contributed by atoms with Crippen LogP contribution >= 0.6 is 0 Å². The van der Waals surface area contributed by atoms with Crippen molar-refractivity contribution in [2.24, 2.45) is 5.41 Å². The van der Waals surface area contributed by atoms with E-state index in [-0.39, 0.29) is 5.54 Å². The zero-order chi connectivity index (χ0) is 15.2. The number of benzene rings is 1. The number of nitrogens with one attached hydrogen (secondary N) is 1. The molecule has 0 bridgehead atoms. The molecular weight excluding hydrogens is 250 g/mol. The smallest absolute Gasteiger partial charge is 0.119 e. The fraction of sp³-hybridized carbons (Fsp3) is 0.647. The van der Waals surface area contributed by atoms with Gasteiger partial charge in [0.15, 0.2) is 0 Å². The van der Waals surface area contributed by atoms with E-state index in [0.717, 1.165) is 24.5 Å². The second kappa shape index (κ2) is 6.98. The summed E-state index contributed by atoms with van der Waals surface area (Å²) in [7, 11) is 1.66. The van der Waals surface area contributed by atoms with Crippen molar-refractivity contribution >= 4 is 0 Å². The molecule has 1 aromatic carbocycles. The van der Waals surface area contributed by atoms with Gasteiger partial charge >= 0.3 is 0 Å². The summed E-state index contributed by atoms with van der Waals surface area (Å²) in [6.45, 7) is 12.8. The Morgan fingerprint density at radius 3 is 2.00 bits per heavy atom. The Balaban J connectivity index is 2.30. The first-order chi connectivity index (χ1) is 9.22. The molecule has 1 aromatic rings. The first-order valence-corrected chi connectivity index (χ1v) is 7.24. The minimum atomic E-state index is 0.127. The third kappa shape index (κ3) is 6.80. The van der Waals surface area contributed by atoms with Crippen LogP contribution in [0.2, 0.25) is 0 Å².